The molecule has 1 rings (SSSR count). The van der Waals surface area contributed by atoms with Crippen molar-refractivity contribution in [2.45, 2.75) is 65.2 Å². The summed E-state index contributed by atoms with van der Waals surface area (Å²) in [6.07, 6.45) is 9.03. The molecule has 0 fully saturated rings. The molecule has 0 unspecified atom stereocenters. The maximum Gasteiger partial charge on any atom is 0.338 e. The van der Waals surface area contributed by atoms with Crippen LogP contribution in [0, 0.1) is 0 Å². The predicted octanol–water partition coefficient (Wildman–Crippen LogP) is 5.19. The number of rotatable bonds is 11. The van der Waals surface area contributed by atoms with Crippen molar-refractivity contribution in [3.8, 4) is 0 Å². The predicted molar refractivity (Wildman–Crippen MR) is 89.3 cm³/mol. The maximum absolute atomic E-state index is 12.1. The number of hydrogen-bond donors (Lipinski definition) is 0. The van der Waals surface area contributed by atoms with Gasteiger partial charge >= 0.3 is 5.97 Å². The first-order valence-electron chi connectivity index (χ1n) is 8.49. The second-order valence-corrected chi connectivity index (χ2v) is 5.59. The van der Waals surface area contributed by atoms with E-state index in [1.54, 1.807) is 31.2 Å². The highest BCUT2D eigenvalue weighted by molar-refractivity contribution is 5.97. The van der Waals surface area contributed by atoms with E-state index >= 15 is 0 Å². The number of hydrogen-bond acceptors (Lipinski definition) is 3. The van der Waals surface area contributed by atoms with Crippen LogP contribution in [0.1, 0.15) is 85.9 Å². The zero-order valence-corrected chi connectivity index (χ0v) is 13.9. The molecule has 0 heterocycles. The molecule has 0 bridgehead atoms. The summed E-state index contributed by atoms with van der Waals surface area (Å²) in [6, 6.07) is 6.76. The summed E-state index contributed by atoms with van der Waals surface area (Å²) < 4.78 is 4.92. The molecule has 0 N–H and O–H groups in total. The van der Waals surface area contributed by atoms with Crippen molar-refractivity contribution < 1.29 is 14.3 Å². The first kappa shape index (κ1) is 18.4. The molecule has 3 nitrogen and oxygen atoms in total. The molecule has 0 aliphatic rings. The SMILES string of the molecule is CCCCCCCCCC(=O)c1ccc(C(=O)OCC)cc1. The van der Waals surface area contributed by atoms with E-state index in [9.17, 15) is 9.59 Å². The Morgan fingerprint density at radius 3 is 1.95 bits per heavy atom. The van der Waals surface area contributed by atoms with Gasteiger partial charge in [0.1, 0.15) is 0 Å². The Labute approximate surface area is 134 Å². The van der Waals surface area contributed by atoms with E-state index in [0.29, 0.717) is 24.2 Å². The highest BCUT2D eigenvalue weighted by atomic mass is 16.5. The Kier molecular flexibility index (Phi) is 9.20. The third-order valence-electron chi connectivity index (χ3n) is 3.73. The summed E-state index contributed by atoms with van der Waals surface area (Å²) in [5.41, 5.74) is 1.17. The zero-order chi connectivity index (χ0) is 16.2. The average Bonchev–Trinajstić information content (AvgIpc) is 2.54. The minimum atomic E-state index is -0.339. The molecule has 0 saturated carbocycles. The number of unbranched alkanes of at least 4 members (excludes halogenated alkanes) is 6. The summed E-state index contributed by atoms with van der Waals surface area (Å²) in [6.45, 7) is 4.35. The highest BCUT2D eigenvalue weighted by Crippen LogP contribution is 2.13. The Morgan fingerprint density at radius 2 is 1.36 bits per heavy atom. The van der Waals surface area contributed by atoms with E-state index < -0.39 is 0 Å². The fourth-order valence-corrected chi connectivity index (χ4v) is 2.39. The van der Waals surface area contributed by atoms with Gasteiger partial charge in [0.15, 0.2) is 5.78 Å². The molecule has 0 spiro atoms. The van der Waals surface area contributed by atoms with Crippen molar-refractivity contribution in [2.75, 3.05) is 6.61 Å². The van der Waals surface area contributed by atoms with Crippen LogP contribution in [0.25, 0.3) is 0 Å². The standard InChI is InChI=1S/C19H28O3/c1-3-5-6-7-8-9-10-11-18(20)16-12-14-17(15-13-16)19(21)22-4-2/h12-15H,3-11H2,1-2H3. The van der Waals surface area contributed by atoms with Crippen LogP contribution in [-0.4, -0.2) is 18.4 Å². The number of benzene rings is 1. The van der Waals surface area contributed by atoms with E-state index in [0.717, 1.165) is 12.8 Å². The van der Waals surface area contributed by atoms with Crippen molar-refractivity contribution in [3.63, 3.8) is 0 Å². The lowest BCUT2D eigenvalue weighted by atomic mass is 10.0. The molecule has 0 aliphatic heterocycles. The molecular weight excluding hydrogens is 276 g/mol. The summed E-state index contributed by atoms with van der Waals surface area (Å²) in [5, 5.41) is 0. The normalized spacial score (nSPS) is 10.5. The van der Waals surface area contributed by atoms with Crippen LogP contribution in [0.5, 0.6) is 0 Å². The molecule has 122 valence electrons. The minimum absolute atomic E-state index is 0.156. The summed E-state index contributed by atoms with van der Waals surface area (Å²) in [7, 11) is 0. The fraction of sp³-hybridized carbons (Fsp3) is 0.579. The van der Waals surface area contributed by atoms with Crippen LogP contribution in [0.2, 0.25) is 0 Å². The summed E-state index contributed by atoms with van der Waals surface area (Å²) in [5.74, 6) is -0.183. The van der Waals surface area contributed by atoms with Crippen molar-refractivity contribution in [2.24, 2.45) is 0 Å². The molecule has 0 saturated heterocycles. The van der Waals surface area contributed by atoms with E-state index in [2.05, 4.69) is 6.92 Å². The van der Waals surface area contributed by atoms with E-state index in [4.69, 9.17) is 4.74 Å². The van der Waals surface area contributed by atoms with Crippen molar-refractivity contribution in [1.29, 1.82) is 0 Å². The van der Waals surface area contributed by atoms with Crippen LogP contribution in [0.15, 0.2) is 24.3 Å². The lowest BCUT2D eigenvalue weighted by molar-refractivity contribution is 0.0526. The molecular formula is C19H28O3. The third-order valence-corrected chi connectivity index (χ3v) is 3.73. The summed E-state index contributed by atoms with van der Waals surface area (Å²) in [4.78, 5) is 23.6. The van der Waals surface area contributed by atoms with E-state index in [1.807, 2.05) is 0 Å². The van der Waals surface area contributed by atoms with E-state index in [1.165, 1.54) is 32.1 Å². The molecule has 3 heteroatoms. The van der Waals surface area contributed by atoms with Gasteiger partial charge in [-0.1, -0.05) is 57.6 Å². The quantitative estimate of drug-likeness (QED) is 0.321. The largest absolute Gasteiger partial charge is 0.462 e. The molecule has 1 aromatic rings. The lowest BCUT2D eigenvalue weighted by Crippen LogP contribution is -2.05. The monoisotopic (exact) mass is 304 g/mol. The number of esters is 1. The van der Waals surface area contributed by atoms with Gasteiger partial charge in [0.05, 0.1) is 12.2 Å². The number of carbonyl (C=O) groups is 2. The van der Waals surface area contributed by atoms with Crippen molar-refractivity contribution in [3.05, 3.63) is 35.4 Å². The number of Topliss-reactive ketones (excluding diaryl/α,β-unsaturated/α-hetero) is 1. The molecule has 22 heavy (non-hydrogen) atoms. The van der Waals surface area contributed by atoms with Crippen molar-refractivity contribution in [1.82, 2.24) is 0 Å². The maximum atomic E-state index is 12.1. The average molecular weight is 304 g/mol. The molecule has 0 amide bonds. The number of ether oxygens (including phenoxy) is 1. The minimum Gasteiger partial charge on any atom is -0.462 e. The highest BCUT2D eigenvalue weighted by Gasteiger charge is 2.09. The van der Waals surface area contributed by atoms with Gasteiger partial charge in [-0.15, -0.1) is 0 Å². The van der Waals surface area contributed by atoms with Crippen LogP contribution in [0.4, 0.5) is 0 Å². The number of ketones is 1. The molecule has 0 atom stereocenters. The second-order valence-electron chi connectivity index (χ2n) is 5.59. The Balaban J connectivity index is 2.29. The first-order valence-corrected chi connectivity index (χ1v) is 8.49. The number of carbonyl (C=O) groups excluding carboxylic acids is 2. The van der Waals surface area contributed by atoms with Gasteiger partial charge in [0.2, 0.25) is 0 Å². The van der Waals surface area contributed by atoms with Gasteiger partial charge in [-0.3, -0.25) is 4.79 Å². The van der Waals surface area contributed by atoms with Gasteiger partial charge in [-0.05, 0) is 25.5 Å². The van der Waals surface area contributed by atoms with Gasteiger partial charge in [-0.2, -0.15) is 0 Å². The second kappa shape index (κ2) is 11.0. The Hall–Kier alpha value is -1.64. The molecule has 0 radical (unpaired) electrons. The lowest BCUT2D eigenvalue weighted by Gasteiger charge is -2.04. The fourth-order valence-electron chi connectivity index (χ4n) is 2.39. The smallest absolute Gasteiger partial charge is 0.338 e. The van der Waals surface area contributed by atoms with Gasteiger partial charge in [0.25, 0.3) is 0 Å². The van der Waals surface area contributed by atoms with Gasteiger partial charge < -0.3 is 4.74 Å². The van der Waals surface area contributed by atoms with Crippen LogP contribution >= 0.6 is 0 Å². The molecule has 0 aliphatic carbocycles. The van der Waals surface area contributed by atoms with Crippen LogP contribution < -0.4 is 0 Å². The van der Waals surface area contributed by atoms with Gasteiger partial charge in [-0.25, -0.2) is 4.79 Å². The topological polar surface area (TPSA) is 43.4 Å². The van der Waals surface area contributed by atoms with Crippen LogP contribution in [0.3, 0.4) is 0 Å². The molecule has 1 aromatic carbocycles. The van der Waals surface area contributed by atoms with Gasteiger partial charge in [0, 0.05) is 12.0 Å². The Morgan fingerprint density at radius 1 is 0.818 bits per heavy atom. The van der Waals surface area contributed by atoms with Crippen molar-refractivity contribution >= 4 is 11.8 Å². The zero-order valence-electron chi connectivity index (χ0n) is 13.9. The van der Waals surface area contributed by atoms with Crippen LogP contribution in [-0.2, 0) is 4.74 Å². The first-order chi connectivity index (χ1) is 10.7. The van der Waals surface area contributed by atoms with E-state index in [-0.39, 0.29) is 11.8 Å². The molecule has 0 aromatic heterocycles. The Bertz CT molecular complexity index is 448. The third kappa shape index (κ3) is 6.88. The summed E-state index contributed by atoms with van der Waals surface area (Å²) >= 11 is 0.